The number of benzene rings is 2. The number of aliphatic hydroxyl groups excluding tert-OH is 1. The largest absolute Gasteiger partial charge is 0.503 e. The Kier molecular flexibility index (Phi) is 5.74. The maximum absolute atomic E-state index is 13.7. The molecule has 0 radical (unpaired) electrons. The zero-order valence-corrected chi connectivity index (χ0v) is 19.1. The van der Waals surface area contributed by atoms with Crippen molar-refractivity contribution in [1.29, 1.82) is 0 Å². The van der Waals surface area contributed by atoms with E-state index in [4.69, 9.17) is 20.8 Å². The Hall–Kier alpha value is -4.17. The Balaban J connectivity index is 1.61. The quantitative estimate of drug-likeness (QED) is 0.362. The fourth-order valence-electron chi connectivity index (χ4n) is 4.21. The van der Waals surface area contributed by atoms with E-state index in [0.29, 0.717) is 32.9 Å². The van der Waals surface area contributed by atoms with Crippen LogP contribution in [0.4, 0.5) is 4.39 Å². The van der Waals surface area contributed by atoms with Crippen molar-refractivity contribution in [3.05, 3.63) is 106 Å². The molecule has 0 fully saturated rings. The summed E-state index contributed by atoms with van der Waals surface area (Å²) in [5, 5.41) is 11.7. The first-order chi connectivity index (χ1) is 16.9. The molecule has 1 atom stereocenters. The van der Waals surface area contributed by atoms with E-state index in [1.807, 2.05) is 0 Å². The normalized spacial score (nSPS) is 15.8. The van der Waals surface area contributed by atoms with Gasteiger partial charge < -0.3 is 19.2 Å². The number of aromatic nitrogens is 1. The second-order valence-electron chi connectivity index (χ2n) is 7.98. The van der Waals surface area contributed by atoms with Crippen molar-refractivity contribution in [3.63, 3.8) is 0 Å². The molecule has 1 N–H and O–H groups in total. The van der Waals surface area contributed by atoms with Crippen LogP contribution in [-0.2, 0) is 11.3 Å². The molecule has 35 heavy (non-hydrogen) atoms. The summed E-state index contributed by atoms with van der Waals surface area (Å²) in [7, 11) is 1.44. The molecule has 9 heteroatoms. The lowest BCUT2D eigenvalue weighted by molar-refractivity contribution is -0.130. The van der Waals surface area contributed by atoms with Crippen LogP contribution in [0.15, 0.2) is 82.7 Å². The van der Waals surface area contributed by atoms with E-state index in [2.05, 4.69) is 4.98 Å². The monoisotopic (exact) mass is 492 g/mol. The Morgan fingerprint density at radius 1 is 1.23 bits per heavy atom. The fourth-order valence-corrected chi connectivity index (χ4v) is 4.43. The molecule has 0 saturated heterocycles. The summed E-state index contributed by atoms with van der Waals surface area (Å²) in [6, 6.07) is 12.5. The topological polar surface area (TPSA) is 92.9 Å². The van der Waals surface area contributed by atoms with Gasteiger partial charge in [-0.3, -0.25) is 14.6 Å². The first-order valence-corrected chi connectivity index (χ1v) is 11.0. The van der Waals surface area contributed by atoms with Gasteiger partial charge in [0.05, 0.1) is 18.7 Å². The average molecular weight is 493 g/mol. The minimum atomic E-state index is -0.977. The molecule has 1 amide bonds. The van der Waals surface area contributed by atoms with Crippen molar-refractivity contribution in [1.82, 2.24) is 9.88 Å². The summed E-state index contributed by atoms with van der Waals surface area (Å²) < 4.78 is 24.7. The second-order valence-corrected chi connectivity index (χ2v) is 8.41. The lowest BCUT2D eigenvalue weighted by Gasteiger charge is -2.26. The van der Waals surface area contributed by atoms with E-state index in [0.717, 1.165) is 0 Å². The molecule has 0 spiro atoms. The molecule has 0 saturated carbocycles. The Morgan fingerprint density at radius 3 is 2.69 bits per heavy atom. The highest BCUT2D eigenvalue weighted by atomic mass is 35.5. The number of nitrogens with zero attached hydrogens (tertiary/aromatic N) is 2. The van der Waals surface area contributed by atoms with Crippen LogP contribution in [0.2, 0.25) is 5.02 Å². The fraction of sp³-hybridized carbons (Fsp3) is 0.115. The van der Waals surface area contributed by atoms with Crippen molar-refractivity contribution in [2.24, 2.45) is 0 Å². The van der Waals surface area contributed by atoms with Gasteiger partial charge in [-0.15, -0.1) is 0 Å². The van der Waals surface area contributed by atoms with E-state index < -0.39 is 29.3 Å². The van der Waals surface area contributed by atoms with Gasteiger partial charge in [0.15, 0.2) is 22.9 Å². The molecule has 1 aliphatic rings. The number of ether oxygens (including phenoxy) is 1. The molecule has 0 bridgehead atoms. The minimum absolute atomic E-state index is 0.0686. The molecule has 4 aromatic rings. The summed E-state index contributed by atoms with van der Waals surface area (Å²) in [6.45, 7) is 0.0686. The molecule has 3 heterocycles. The van der Waals surface area contributed by atoms with Gasteiger partial charge in [0.25, 0.3) is 5.91 Å². The van der Waals surface area contributed by atoms with E-state index in [1.54, 1.807) is 36.7 Å². The molecule has 1 unspecified atom stereocenters. The number of aliphatic hydroxyl groups is 1. The molecule has 5 rings (SSSR count). The van der Waals surface area contributed by atoms with Gasteiger partial charge in [0.1, 0.15) is 5.82 Å². The summed E-state index contributed by atoms with van der Waals surface area (Å²) in [5.74, 6) is -2.36. The molecule has 1 aliphatic heterocycles. The Bertz CT molecular complexity index is 1480. The third kappa shape index (κ3) is 4.02. The number of Topliss-reactive ketones (excluding diaryl/α,β-unsaturated/α-hetero) is 1. The summed E-state index contributed by atoms with van der Waals surface area (Å²) in [4.78, 5) is 32.2. The molecule has 2 aromatic heterocycles. The molecule has 7 nitrogen and oxygen atoms in total. The molecule has 2 aromatic carbocycles. The molecular weight excluding hydrogens is 475 g/mol. The highest BCUT2D eigenvalue weighted by Gasteiger charge is 2.44. The number of fused-ring (bicyclic) bond motifs is 1. The zero-order chi connectivity index (χ0) is 24.7. The maximum Gasteiger partial charge on any atom is 0.290 e. The number of furan rings is 1. The van der Waals surface area contributed by atoms with Crippen molar-refractivity contribution in [2.45, 2.75) is 12.6 Å². The predicted molar refractivity (Wildman–Crippen MR) is 126 cm³/mol. The van der Waals surface area contributed by atoms with Crippen LogP contribution >= 0.6 is 11.6 Å². The van der Waals surface area contributed by atoms with Gasteiger partial charge in [-0.2, -0.15) is 0 Å². The average Bonchev–Trinajstić information content (AvgIpc) is 3.39. The highest BCUT2D eigenvalue weighted by Crippen LogP contribution is 2.41. The maximum atomic E-state index is 13.7. The first-order valence-electron chi connectivity index (χ1n) is 10.6. The lowest BCUT2D eigenvalue weighted by atomic mass is 9.95. The molecule has 0 aliphatic carbocycles. The smallest absolute Gasteiger partial charge is 0.290 e. The van der Waals surface area contributed by atoms with Crippen molar-refractivity contribution < 1.29 is 28.2 Å². The molecule has 176 valence electrons. The van der Waals surface area contributed by atoms with Gasteiger partial charge >= 0.3 is 0 Å². The highest BCUT2D eigenvalue weighted by molar-refractivity contribution is 6.31. The molecular formula is C26H18ClFN2O5. The van der Waals surface area contributed by atoms with E-state index >= 15 is 0 Å². The summed E-state index contributed by atoms with van der Waals surface area (Å²) >= 11 is 6.13. The van der Waals surface area contributed by atoms with Crippen molar-refractivity contribution in [2.75, 3.05) is 7.11 Å². The van der Waals surface area contributed by atoms with E-state index in [9.17, 15) is 19.1 Å². The Morgan fingerprint density at radius 2 is 2.00 bits per heavy atom. The second kappa shape index (κ2) is 8.88. The number of ketones is 1. The van der Waals surface area contributed by atoms with Crippen LogP contribution in [0.3, 0.4) is 0 Å². The first kappa shape index (κ1) is 22.6. The zero-order valence-electron chi connectivity index (χ0n) is 18.4. The van der Waals surface area contributed by atoms with Crippen molar-refractivity contribution >= 4 is 34.3 Å². The number of carbonyl (C=O) groups excluding carboxylic acids is 2. The third-order valence-corrected chi connectivity index (χ3v) is 6.02. The number of methoxy groups -OCH3 is 1. The third-order valence-electron chi connectivity index (χ3n) is 5.80. The van der Waals surface area contributed by atoms with Crippen LogP contribution in [0.5, 0.6) is 5.75 Å². The number of hydrogen-bond donors (Lipinski definition) is 1. The van der Waals surface area contributed by atoms with Gasteiger partial charge in [-0.05, 0) is 41.5 Å². The van der Waals surface area contributed by atoms with Crippen molar-refractivity contribution in [3.8, 4) is 5.75 Å². The summed E-state index contributed by atoms with van der Waals surface area (Å²) in [6.07, 6.45) is 3.18. The SMILES string of the molecule is COc1cc(Cl)cc2cc(C(=O)C3=C(O)C(=O)N(Cc4cccnc4)C3c3ccc(F)cc3)oc12. The van der Waals surface area contributed by atoms with Gasteiger partial charge in [-0.25, -0.2) is 4.39 Å². The number of rotatable bonds is 6. The predicted octanol–water partition coefficient (Wildman–Crippen LogP) is 5.41. The number of pyridine rings is 1. The van der Waals surface area contributed by atoms with E-state index in [-0.39, 0.29) is 17.9 Å². The van der Waals surface area contributed by atoms with Crippen LogP contribution in [0, 0.1) is 5.82 Å². The number of halogens is 2. The van der Waals surface area contributed by atoms with Crippen LogP contribution in [0.25, 0.3) is 11.0 Å². The number of amides is 1. The van der Waals surface area contributed by atoms with Crippen LogP contribution in [0.1, 0.15) is 27.7 Å². The Labute approximate surface area is 204 Å². The van der Waals surface area contributed by atoms with Gasteiger partial charge in [0.2, 0.25) is 5.78 Å². The minimum Gasteiger partial charge on any atom is -0.503 e. The van der Waals surface area contributed by atoms with Gasteiger partial charge in [0, 0.05) is 35.4 Å². The van der Waals surface area contributed by atoms with E-state index in [1.165, 1.54) is 42.3 Å². The summed E-state index contributed by atoms with van der Waals surface area (Å²) in [5.41, 5.74) is 1.27. The number of hydrogen-bond acceptors (Lipinski definition) is 6. The number of carbonyl (C=O) groups is 2. The van der Waals surface area contributed by atoms with Gasteiger partial charge in [-0.1, -0.05) is 29.8 Å². The standard InChI is InChI=1S/C26H18ClFN2O5/c1-34-20-11-17(27)9-16-10-19(35-25(16)20)23(31)21-22(15-4-6-18(28)7-5-15)30(26(33)24(21)32)13-14-3-2-8-29-12-14/h2-12,22,32H,13H2,1H3. The lowest BCUT2D eigenvalue weighted by Crippen LogP contribution is -2.30. The van der Waals surface area contributed by atoms with Crippen LogP contribution < -0.4 is 4.74 Å². The van der Waals surface area contributed by atoms with Crippen LogP contribution in [-0.4, -0.2) is 33.8 Å².